The minimum atomic E-state index is -2.19. The fourth-order valence-electron chi connectivity index (χ4n) is 2.14. The summed E-state index contributed by atoms with van der Waals surface area (Å²) in [6.07, 6.45) is 0.562. The predicted octanol–water partition coefficient (Wildman–Crippen LogP) is 3.52. The number of aldehydes is 1. The molecule has 0 spiro atoms. The van der Waals surface area contributed by atoms with Crippen molar-refractivity contribution in [3.05, 3.63) is 0 Å². The van der Waals surface area contributed by atoms with Crippen molar-refractivity contribution < 1.29 is 9.22 Å². The summed E-state index contributed by atoms with van der Waals surface area (Å²) in [5, 5.41) is 9.15. The molecular weight excluding hydrogens is 230 g/mol. The number of carbonyl (C=O) groups excluding carboxylic acids is 1. The van der Waals surface area contributed by atoms with Crippen LogP contribution in [0.5, 0.6) is 0 Å². The molecule has 17 heavy (non-hydrogen) atoms. The zero-order valence-corrected chi connectivity index (χ0v) is 12.9. The molecule has 0 aliphatic rings. The van der Waals surface area contributed by atoms with Gasteiger partial charge in [-0.05, 0) is 17.0 Å². The average Bonchev–Trinajstić information content (AvgIpc) is 2.22. The molecule has 0 fully saturated rings. The highest BCUT2D eigenvalue weighted by atomic mass is 28.4. The lowest BCUT2D eigenvalue weighted by Gasteiger charge is -2.39. The summed E-state index contributed by atoms with van der Waals surface area (Å²) in [5.41, 5.74) is 0.671. The van der Waals surface area contributed by atoms with Gasteiger partial charge in [0.25, 0.3) is 0 Å². The van der Waals surface area contributed by atoms with Crippen molar-refractivity contribution in [3.8, 4) is 6.07 Å². The maximum atomic E-state index is 10.9. The molecule has 0 aromatic rings. The fourth-order valence-corrected chi connectivity index (χ4v) is 6.11. The molecule has 0 aliphatic carbocycles. The van der Waals surface area contributed by atoms with E-state index in [1.807, 2.05) is 13.8 Å². The van der Waals surface area contributed by atoms with E-state index in [-0.39, 0.29) is 5.92 Å². The van der Waals surface area contributed by atoms with Crippen LogP contribution in [0.15, 0.2) is 0 Å². The molecule has 4 heteroatoms. The van der Waals surface area contributed by atoms with Crippen molar-refractivity contribution >= 4 is 14.6 Å². The number of nitriles is 1. The Labute approximate surface area is 106 Å². The molecular formula is C13H25NO2Si. The van der Waals surface area contributed by atoms with Crippen molar-refractivity contribution in [2.75, 3.05) is 0 Å². The topological polar surface area (TPSA) is 50.1 Å². The Morgan fingerprint density at radius 3 is 1.88 bits per heavy atom. The maximum Gasteiger partial charge on any atom is 0.206 e. The maximum absolute atomic E-state index is 10.9. The molecule has 0 bridgehead atoms. The van der Waals surface area contributed by atoms with Crippen LogP contribution < -0.4 is 0 Å². The third-order valence-electron chi connectivity index (χ3n) is 3.44. The van der Waals surface area contributed by atoms with Crippen LogP contribution in [0, 0.1) is 17.2 Å². The van der Waals surface area contributed by atoms with E-state index in [4.69, 9.17) is 9.69 Å². The van der Waals surface area contributed by atoms with Gasteiger partial charge in [0.1, 0.15) is 12.4 Å². The predicted molar refractivity (Wildman–Crippen MR) is 72.1 cm³/mol. The lowest BCUT2D eigenvalue weighted by Crippen LogP contribution is -2.48. The molecule has 0 amide bonds. The summed E-state index contributed by atoms with van der Waals surface area (Å²) < 4.78 is 6.16. The van der Waals surface area contributed by atoms with Crippen LogP contribution >= 0.6 is 0 Å². The van der Waals surface area contributed by atoms with E-state index >= 15 is 0 Å². The number of carbonyl (C=O) groups is 1. The van der Waals surface area contributed by atoms with Crippen molar-refractivity contribution in [1.29, 1.82) is 5.26 Å². The molecule has 0 saturated carbocycles. The summed E-state index contributed by atoms with van der Waals surface area (Å²) in [6, 6.07) is 2.70. The minimum absolute atomic E-state index is 0.163. The van der Waals surface area contributed by atoms with Crippen LogP contribution in [0.1, 0.15) is 41.5 Å². The third kappa shape index (κ3) is 3.93. The van der Waals surface area contributed by atoms with Crippen LogP contribution in [-0.4, -0.2) is 20.7 Å². The number of nitrogens with zero attached hydrogens (tertiary/aromatic N) is 1. The van der Waals surface area contributed by atoms with Crippen LogP contribution in [0.25, 0.3) is 0 Å². The molecule has 98 valence electrons. The largest absolute Gasteiger partial charge is 0.400 e. The van der Waals surface area contributed by atoms with Gasteiger partial charge in [-0.1, -0.05) is 41.5 Å². The first-order valence-electron chi connectivity index (χ1n) is 6.32. The van der Waals surface area contributed by atoms with Crippen LogP contribution in [0.2, 0.25) is 17.1 Å². The molecule has 0 N–H and O–H groups in total. The lowest BCUT2D eigenvalue weighted by atomic mass is 10.1. The fraction of sp³-hybridized carbons (Fsp3) is 0.846. The first-order valence-corrected chi connectivity index (χ1v) is 8.59. The molecule has 0 aromatic carbocycles. The molecule has 1 unspecified atom stereocenters. The molecule has 0 aromatic heterocycles. The van der Waals surface area contributed by atoms with Crippen molar-refractivity contribution in [1.82, 2.24) is 0 Å². The van der Waals surface area contributed by atoms with E-state index in [1.165, 1.54) is 0 Å². The van der Waals surface area contributed by atoms with Crippen molar-refractivity contribution in [3.63, 3.8) is 0 Å². The highest BCUT2D eigenvalue weighted by Gasteiger charge is 2.44. The summed E-state index contributed by atoms with van der Waals surface area (Å²) in [7, 11) is -2.19. The second-order valence-corrected chi connectivity index (χ2v) is 10.4. The van der Waals surface area contributed by atoms with Crippen LogP contribution in [0.3, 0.4) is 0 Å². The monoisotopic (exact) mass is 255 g/mol. The number of hydrogen-bond donors (Lipinski definition) is 0. The zero-order chi connectivity index (χ0) is 13.6. The van der Waals surface area contributed by atoms with Gasteiger partial charge >= 0.3 is 0 Å². The van der Waals surface area contributed by atoms with E-state index in [0.29, 0.717) is 17.1 Å². The normalized spacial score (nSPS) is 14.1. The SMILES string of the molecule is CC(C)C(C#N)O[Si](CC=O)(C(C)C)C(C)C. The first kappa shape index (κ1) is 16.3. The van der Waals surface area contributed by atoms with Crippen molar-refractivity contribution in [2.24, 2.45) is 5.92 Å². The average molecular weight is 255 g/mol. The molecule has 0 heterocycles. The second-order valence-electron chi connectivity index (χ2n) is 5.55. The Hall–Kier alpha value is -0.663. The summed E-state index contributed by atoms with van der Waals surface area (Å²) >= 11 is 0. The Kier molecular flexibility index (Phi) is 6.65. The first-order chi connectivity index (χ1) is 7.81. The molecule has 1 atom stereocenters. The van der Waals surface area contributed by atoms with Gasteiger partial charge in [0.05, 0.1) is 6.07 Å². The Bertz CT molecular complexity index is 274. The molecule has 0 saturated heterocycles. The second kappa shape index (κ2) is 6.92. The van der Waals surface area contributed by atoms with Gasteiger partial charge in [-0.15, -0.1) is 0 Å². The molecule has 3 nitrogen and oxygen atoms in total. The Morgan fingerprint density at radius 2 is 1.65 bits per heavy atom. The van der Waals surface area contributed by atoms with Gasteiger partial charge in [-0.3, -0.25) is 0 Å². The van der Waals surface area contributed by atoms with Gasteiger partial charge in [0, 0.05) is 6.04 Å². The zero-order valence-electron chi connectivity index (χ0n) is 11.9. The Morgan fingerprint density at radius 1 is 1.18 bits per heavy atom. The molecule has 0 rings (SSSR count). The van der Waals surface area contributed by atoms with Gasteiger partial charge in [0.15, 0.2) is 0 Å². The Balaban J connectivity index is 5.17. The minimum Gasteiger partial charge on any atom is -0.400 e. The van der Waals surface area contributed by atoms with E-state index in [0.717, 1.165) is 6.29 Å². The highest BCUT2D eigenvalue weighted by Crippen LogP contribution is 2.37. The van der Waals surface area contributed by atoms with E-state index in [2.05, 4.69) is 33.8 Å². The van der Waals surface area contributed by atoms with Crippen LogP contribution in [-0.2, 0) is 9.22 Å². The van der Waals surface area contributed by atoms with Gasteiger partial charge in [0.2, 0.25) is 8.32 Å². The van der Waals surface area contributed by atoms with Crippen molar-refractivity contribution in [2.45, 2.75) is 64.8 Å². The van der Waals surface area contributed by atoms with Gasteiger partial charge < -0.3 is 9.22 Å². The van der Waals surface area contributed by atoms with E-state index in [9.17, 15) is 4.79 Å². The highest BCUT2D eigenvalue weighted by molar-refractivity contribution is 6.78. The summed E-state index contributed by atoms with van der Waals surface area (Å²) in [5.74, 6) is 0.163. The smallest absolute Gasteiger partial charge is 0.206 e. The number of rotatable bonds is 7. The van der Waals surface area contributed by atoms with Gasteiger partial charge in [-0.2, -0.15) is 5.26 Å². The van der Waals surface area contributed by atoms with E-state index < -0.39 is 14.4 Å². The third-order valence-corrected chi connectivity index (χ3v) is 8.84. The summed E-state index contributed by atoms with van der Waals surface area (Å²) in [4.78, 5) is 10.9. The molecule has 0 radical (unpaired) electrons. The number of hydrogen-bond acceptors (Lipinski definition) is 3. The summed E-state index contributed by atoms with van der Waals surface area (Å²) in [6.45, 7) is 12.4. The van der Waals surface area contributed by atoms with E-state index in [1.54, 1.807) is 0 Å². The quantitative estimate of drug-likeness (QED) is 0.516. The van der Waals surface area contributed by atoms with Crippen LogP contribution in [0.4, 0.5) is 0 Å². The lowest BCUT2D eigenvalue weighted by molar-refractivity contribution is -0.106. The van der Waals surface area contributed by atoms with Gasteiger partial charge in [-0.25, -0.2) is 0 Å². The molecule has 0 aliphatic heterocycles. The standard InChI is InChI=1S/C13H25NO2Si/c1-10(2)13(9-14)16-17(8-7-15,11(3)4)12(5)6/h7,10-13H,8H2,1-6H3.